The van der Waals surface area contributed by atoms with Gasteiger partial charge in [-0.15, -0.1) is 10.2 Å². The maximum absolute atomic E-state index is 12.9. The first-order chi connectivity index (χ1) is 12.8. The highest BCUT2D eigenvalue weighted by Gasteiger charge is 2.31. The molecule has 1 aliphatic heterocycles. The number of nitrogens with one attached hydrogen (secondary N) is 2. The summed E-state index contributed by atoms with van der Waals surface area (Å²) in [6, 6.07) is 5.37. The number of piperazine rings is 1. The molecule has 2 N–H and O–H groups in total. The Balaban J connectivity index is 1.51. The average molecular weight is 400 g/mol. The molecule has 0 aliphatic carbocycles. The second kappa shape index (κ2) is 8.22. The van der Waals surface area contributed by atoms with Crippen molar-refractivity contribution in [1.29, 1.82) is 0 Å². The number of carbonyl (C=O) groups is 1. The molecule has 0 bridgehead atoms. The summed E-state index contributed by atoms with van der Waals surface area (Å²) < 4.78 is 38.6. The largest absolute Gasteiger partial charge is 0.416 e. The average Bonchev–Trinajstić information content (AvgIpc) is 3.09. The highest BCUT2D eigenvalue weighted by Crippen LogP contribution is 2.31. The van der Waals surface area contributed by atoms with Crippen molar-refractivity contribution in [2.24, 2.45) is 0 Å². The van der Waals surface area contributed by atoms with E-state index < -0.39 is 11.7 Å². The third-order valence-electron chi connectivity index (χ3n) is 4.44. The standard InChI is InChI=1S/C17H20F3N5OS/c1-2-15-22-23-16(27-15)21-14(26)11-24-6-8-25(9-7-24)13-5-3-4-12(10-13)17(18,19)20/h3-5,10H,2,6-9,11H2,1H3,(H,21,23,26)/p+1. The van der Waals surface area contributed by atoms with E-state index in [1.165, 1.54) is 23.5 Å². The zero-order chi connectivity index (χ0) is 19.4. The molecular formula is C17H21F3N5OS+. The molecule has 10 heteroatoms. The summed E-state index contributed by atoms with van der Waals surface area (Å²) in [5, 5.41) is 12.0. The van der Waals surface area contributed by atoms with Gasteiger partial charge in [0.05, 0.1) is 31.7 Å². The number of aryl methyl sites for hydroxylation is 1. The summed E-state index contributed by atoms with van der Waals surface area (Å²) in [7, 11) is 0. The smallest absolute Gasteiger partial charge is 0.360 e. The van der Waals surface area contributed by atoms with Crippen LogP contribution in [0.1, 0.15) is 17.5 Å². The van der Waals surface area contributed by atoms with Crippen molar-refractivity contribution in [3.8, 4) is 0 Å². The number of rotatable bonds is 5. The van der Waals surface area contributed by atoms with Crippen LogP contribution in [0.3, 0.4) is 0 Å². The lowest BCUT2D eigenvalue weighted by Crippen LogP contribution is -3.15. The molecule has 6 nitrogen and oxygen atoms in total. The lowest BCUT2D eigenvalue weighted by Gasteiger charge is -2.33. The highest BCUT2D eigenvalue weighted by molar-refractivity contribution is 7.15. The normalized spacial score (nSPS) is 15.8. The molecule has 0 atom stereocenters. The van der Waals surface area contributed by atoms with E-state index in [1.807, 2.05) is 11.8 Å². The Bertz CT molecular complexity index is 787. The molecule has 1 amide bonds. The minimum absolute atomic E-state index is 0.128. The van der Waals surface area contributed by atoms with E-state index in [-0.39, 0.29) is 5.91 Å². The van der Waals surface area contributed by atoms with Crippen LogP contribution in [-0.4, -0.2) is 48.8 Å². The van der Waals surface area contributed by atoms with Gasteiger partial charge in [-0.25, -0.2) is 0 Å². The number of alkyl halides is 3. The van der Waals surface area contributed by atoms with Gasteiger partial charge in [0.25, 0.3) is 5.91 Å². The number of hydrogen-bond acceptors (Lipinski definition) is 5. The fourth-order valence-electron chi connectivity index (χ4n) is 2.97. The minimum atomic E-state index is -4.34. The molecule has 0 radical (unpaired) electrons. The Hall–Kier alpha value is -2.20. The van der Waals surface area contributed by atoms with Crippen LogP contribution in [0.25, 0.3) is 0 Å². The van der Waals surface area contributed by atoms with Crippen molar-refractivity contribution < 1.29 is 22.9 Å². The summed E-state index contributed by atoms with van der Waals surface area (Å²) >= 11 is 1.36. The van der Waals surface area contributed by atoms with Crippen molar-refractivity contribution in [2.45, 2.75) is 19.5 Å². The Morgan fingerprint density at radius 1 is 1.30 bits per heavy atom. The Morgan fingerprint density at radius 3 is 2.67 bits per heavy atom. The molecule has 1 aliphatic rings. The van der Waals surface area contributed by atoms with E-state index in [9.17, 15) is 18.0 Å². The SMILES string of the molecule is CCc1nnc(NC(=O)C[NH+]2CCN(c3cccc(C(F)(F)F)c3)CC2)s1. The summed E-state index contributed by atoms with van der Waals surface area (Å²) in [4.78, 5) is 15.2. The Kier molecular flexibility index (Phi) is 5.95. The van der Waals surface area contributed by atoms with Crippen LogP contribution < -0.4 is 15.1 Å². The monoisotopic (exact) mass is 400 g/mol. The number of amides is 1. The lowest BCUT2D eigenvalue weighted by molar-refractivity contribution is -0.892. The summed E-state index contributed by atoms with van der Waals surface area (Å²) in [5.41, 5.74) is -0.0769. The van der Waals surface area contributed by atoms with Crippen LogP contribution in [0.4, 0.5) is 24.0 Å². The molecule has 1 saturated heterocycles. The molecule has 1 fully saturated rings. The maximum atomic E-state index is 12.9. The minimum Gasteiger partial charge on any atom is -0.360 e. The zero-order valence-corrected chi connectivity index (χ0v) is 15.7. The molecular weight excluding hydrogens is 379 g/mol. The van der Waals surface area contributed by atoms with E-state index in [0.29, 0.717) is 43.5 Å². The number of benzene rings is 1. The number of aromatic nitrogens is 2. The van der Waals surface area contributed by atoms with Gasteiger partial charge in [-0.05, 0) is 24.6 Å². The van der Waals surface area contributed by atoms with Gasteiger partial charge in [-0.2, -0.15) is 13.2 Å². The summed E-state index contributed by atoms with van der Waals surface area (Å²) in [6.45, 7) is 4.84. The van der Waals surface area contributed by atoms with Gasteiger partial charge < -0.3 is 9.80 Å². The van der Waals surface area contributed by atoms with E-state index in [0.717, 1.165) is 22.4 Å². The van der Waals surface area contributed by atoms with Crippen LogP contribution in [0.5, 0.6) is 0 Å². The third-order valence-corrected chi connectivity index (χ3v) is 5.42. The van der Waals surface area contributed by atoms with Gasteiger partial charge in [0, 0.05) is 5.69 Å². The number of carbonyl (C=O) groups excluding carboxylic acids is 1. The molecule has 146 valence electrons. The number of quaternary nitrogens is 1. The first-order valence-corrected chi connectivity index (χ1v) is 9.55. The predicted molar refractivity (Wildman–Crippen MR) is 97.1 cm³/mol. The number of halogens is 3. The van der Waals surface area contributed by atoms with Gasteiger partial charge in [-0.1, -0.05) is 24.3 Å². The third kappa shape index (κ3) is 5.16. The van der Waals surface area contributed by atoms with Crippen LogP contribution >= 0.6 is 11.3 Å². The molecule has 27 heavy (non-hydrogen) atoms. The van der Waals surface area contributed by atoms with E-state index in [4.69, 9.17) is 0 Å². The van der Waals surface area contributed by atoms with Crippen LogP contribution in [0, 0.1) is 0 Å². The van der Waals surface area contributed by atoms with Gasteiger partial charge in [0.2, 0.25) is 5.13 Å². The van der Waals surface area contributed by atoms with E-state index >= 15 is 0 Å². The van der Waals surface area contributed by atoms with Crippen LogP contribution in [-0.2, 0) is 17.4 Å². The highest BCUT2D eigenvalue weighted by atomic mass is 32.1. The van der Waals surface area contributed by atoms with Crippen molar-refractivity contribution >= 4 is 28.1 Å². The lowest BCUT2D eigenvalue weighted by atomic mass is 10.1. The van der Waals surface area contributed by atoms with Crippen molar-refractivity contribution in [2.75, 3.05) is 42.9 Å². The molecule has 0 saturated carbocycles. The second-order valence-electron chi connectivity index (χ2n) is 6.36. The van der Waals surface area contributed by atoms with Crippen molar-refractivity contribution in [3.05, 3.63) is 34.8 Å². The quantitative estimate of drug-likeness (QED) is 0.798. The van der Waals surface area contributed by atoms with E-state index in [2.05, 4.69) is 15.5 Å². The van der Waals surface area contributed by atoms with Crippen molar-refractivity contribution in [3.63, 3.8) is 0 Å². The van der Waals surface area contributed by atoms with Crippen LogP contribution in [0.2, 0.25) is 0 Å². The second-order valence-corrected chi connectivity index (χ2v) is 7.43. The van der Waals surface area contributed by atoms with Gasteiger partial charge in [0.1, 0.15) is 5.01 Å². The van der Waals surface area contributed by atoms with Crippen molar-refractivity contribution in [1.82, 2.24) is 10.2 Å². The fourth-order valence-corrected chi connectivity index (χ4v) is 3.67. The molecule has 1 aromatic heterocycles. The maximum Gasteiger partial charge on any atom is 0.416 e. The van der Waals surface area contributed by atoms with Crippen LogP contribution in [0.15, 0.2) is 24.3 Å². The summed E-state index contributed by atoms with van der Waals surface area (Å²) in [5.74, 6) is -0.128. The zero-order valence-electron chi connectivity index (χ0n) is 14.8. The first kappa shape index (κ1) is 19.6. The number of nitrogens with zero attached hydrogens (tertiary/aromatic N) is 3. The molecule has 0 spiro atoms. The molecule has 2 aromatic rings. The molecule has 0 unspecified atom stereocenters. The first-order valence-electron chi connectivity index (χ1n) is 8.73. The number of anilines is 2. The molecule has 1 aromatic carbocycles. The summed E-state index contributed by atoms with van der Waals surface area (Å²) in [6.07, 6.45) is -3.57. The fraction of sp³-hybridized carbons (Fsp3) is 0.471. The Morgan fingerprint density at radius 2 is 2.04 bits per heavy atom. The van der Waals surface area contributed by atoms with Gasteiger partial charge in [-0.3, -0.25) is 10.1 Å². The van der Waals surface area contributed by atoms with E-state index in [1.54, 1.807) is 6.07 Å². The van der Waals surface area contributed by atoms with Gasteiger partial charge >= 0.3 is 6.18 Å². The number of hydrogen-bond donors (Lipinski definition) is 2. The Labute approximate surface area is 159 Å². The molecule has 3 rings (SSSR count). The molecule has 2 heterocycles. The topological polar surface area (TPSA) is 62.6 Å². The predicted octanol–water partition coefficient (Wildman–Crippen LogP) is 1.46. The van der Waals surface area contributed by atoms with Gasteiger partial charge in [0.15, 0.2) is 6.54 Å².